The van der Waals surface area contributed by atoms with E-state index in [-0.39, 0.29) is 8.80 Å². The first kappa shape index (κ1) is 6.86. The summed E-state index contributed by atoms with van der Waals surface area (Å²) in [6.07, 6.45) is 1.57. The largest absolute Gasteiger partial charge is 0.303 e. The maximum atomic E-state index is 2.55. The summed E-state index contributed by atoms with van der Waals surface area (Å²) in [5.74, 6) is 1.12. The molecule has 0 amide bonds. The molecule has 1 saturated carbocycles. The third-order valence-electron chi connectivity index (χ3n) is 3.38. The monoisotopic (exact) mass is 155 g/mol. The molecule has 2 fully saturated rings. The molecule has 0 spiro atoms. The van der Waals surface area contributed by atoms with Gasteiger partial charge in [0.05, 0.1) is 0 Å². The molecule has 0 aromatic carbocycles. The molecule has 1 aliphatic carbocycles. The molecule has 0 radical (unpaired) electrons. The Hall–Kier alpha value is 0.177. The fourth-order valence-electron chi connectivity index (χ4n) is 2.67. The average molecular weight is 155 g/mol. The van der Waals surface area contributed by atoms with Crippen LogP contribution in [0, 0.1) is 5.92 Å². The van der Waals surface area contributed by atoms with Gasteiger partial charge in [0.2, 0.25) is 0 Å². The lowest BCUT2D eigenvalue weighted by Gasteiger charge is -2.60. The van der Waals surface area contributed by atoms with E-state index in [1.165, 1.54) is 6.54 Å². The molecule has 1 nitrogen and oxygen atoms in total. The highest BCUT2D eigenvalue weighted by Gasteiger charge is 2.51. The zero-order valence-electron chi connectivity index (χ0n) is 7.17. The summed E-state index contributed by atoms with van der Waals surface area (Å²) in [6, 6.07) is 1.03. The summed E-state index contributed by atoms with van der Waals surface area (Å²) in [6.45, 7) is 6.38. The zero-order valence-corrected chi connectivity index (χ0v) is 8.33. The molecule has 1 unspecified atom stereocenters. The molecular weight excluding hydrogens is 138 g/mol. The van der Waals surface area contributed by atoms with Gasteiger partial charge in [0.1, 0.15) is 0 Å². The Kier molecular flexibility index (Phi) is 1.43. The van der Waals surface area contributed by atoms with Gasteiger partial charge >= 0.3 is 0 Å². The van der Waals surface area contributed by atoms with Gasteiger partial charge in [-0.3, -0.25) is 0 Å². The van der Waals surface area contributed by atoms with Crippen molar-refractivity contribution >= 4 is 8.80 Å². The van der Waals surface area contributed by atoms with Crippen LogP contribution in [0.25, 0.3) is 0 Å². The maximum absolute atomic E-state index is 2.55. The van der Waals surface area contributed by atoms with Crippen molar-refractivity contribution < 1.29 is 0 Å². The lowest BCUT2D eigenvalue weighted by molar-refractivity contribution is -0.0387. The van der Waals surface area contributed by atoms with Crippen LogP contribution in [0.15, 0.2) is 0 Å². The Labute approximate surface area is 65.0 Å². The van der Waals surface area contributed by atoms with E-state index in [4.69, 9.17) is 0 Å². The third kappa shape index (κ3) is 0.721. The van der Waals surface area contributed by atoms with Crippen LogP contribution in [0.2, 0.25) is 18.6 Å². The fraction of sp³-hybridized carbons (Fsp3) is 1.00. The van der Waals surface area contributed by atoms with Gasteiger partial charge < -0.3 is 4.90 Å². The van der Waals surface area contributed by atoms with Gasteiger partial charge in [-0.2, -0.15) is 0 Å². The molecule has 0 bridgehead atoms. The molecule has 1 saturated heterocycles. The summed E-state index contributed by atoms with van der Waals surface area (Å²) in [4.78, 5) is 2.55. The lowest BCUT2D eigenvalue weighted by atomic mass is 9.71. The van der Waals surface area contributed by atoms with E-state index < -0.39 is 0 Å². The maximum Gasteiger partial charge on any atom is 0.0356 e. The second-order valence-electron chi connectivity index (χ2n) is 4.33. The van der Waals surface area contributed by atoms with E-state index >= 15 is 0 Å². The van der Waals surface area contributed by atoms with Gasteiger partial charge in [-0.15, -0.1) is 0 Å². The number of hydrogen-bond donors (Lipinski definition) is 0. The minimum atomic E-state index is -0.303. The Morgan fingerprint density at radius 1 is 1.40 bits per heavy atom. The van der Waals surface area contributed by atoms with Crippen molar-refractivity contribution in [2.75, 3.05) is 13.6 Å². The number of rotatable bonds is 1. The summed E-state index contributed by atoms with van der Waals surface area (Å²) < 4.78 is 0. The number of piperidine rings is 1. The molecule has 0 aromatic heterocycles. The van der Waals surface area contributed by atoms with Crippen LogP contribution in [0.1, 0.15) is 6.42 Å². The molecule has 3 atom stereocenters. The van der Waals surface area contributed by atoms with Gasteiger partial charge in [-0.1, -0.05) is 13.1 Å². The molecule has 1 heterocycles. The number of fused-ring (bicyclic) bond motifs is 1. The topological polar surface area (TPSA) is 3.24 Å². The molecule has 1 aliphatic heterocycles. The normalized spacial score (nSPS) is 46.2. The highest BCUT2D eigenvalue weighted by atomic mass is 28.3. The molecule has 2 aliphatic rings. The predicted molar refractivity (Wildman–Crippen MR) is 47.2 cm³/mol. The lowest BCUT2D eigenvalue weighted by Crippen LogP contribution is -2.65. The number of nitrogens with zero attached hydrogens (tertiary/aromatic N) is 1. The third-order valence-corrected chi connectivity index (χ3v) is 5.76. The first-order chi connectivity index (χ1) is 4.70. The average Bonchev–Trinajstić information content (AvgIpc) is 1.79. The highest BCUT2D eigenvalue weighted by molar-refractivity contribution is 6.58. The van der Waals surface area contributed by atoms with Gasteiger partial charge in [-0.25, -0.2) is 0 Å². The summed E-state index contributed by atoms with van der Waals surface area (Å²) >= 11 is 0. The Bertz CT molecular complexity index is 137. The fourth-order valence-corrected chi connectivity index (χ4v) is 4.96. The van der Waals surface area contributed by atoms with E-state index in [1.807, 2.05) is 0 Å². The van der Waals surface area contributed by atoms with Crippen molar-refractivity contribution in [3.05, 3.63) is 0 Å². The van der Waals surface area contributed by atoms with Crippen molar-refractivity contribution in [1.29, 1.82) is 0 Å². The van der Waals surface area contributed by atoms with Crippen LogP contribution >= 0.6 is 0 Å². The van der Waals surface area contributed by atoms with E-state index in [2.05, 4.69) is 25.0 Å². The van der Waals surface area contributed by atoms with Crippen molar-refractivity contribution in [1.82, 2.24) is 4.90 Å². The van der Waals surface area contributed by atoms with Crippen molar-refractivity contribution in [3.8, 4) is 0 Å². The Morgan fingerprint density at radius 2 is 2.10 bits per heavy atom. The van der Waals surface area contributed by atoms with Crippen LogP contribution < -0.4 is 0 Å². The summed E-state index contributed by atoms with van der Waals surface area (Å²) in [7, 11) is 1.98. The van der Waals surface area contributed by atoms with Gasteiger partial charge in [0.25, 0.3) is 0 Å². The first-order valence-electron chi connectivity index (χ1n) is 4.40. The van der Waals surface area contributed by atoms with E-state index in [9.17, 15) is 0 Å². The molecule has 10 heavy (non-hydrogen) atoms. The van der Waals surface area contributed by atoms with Crippen molar-refractivity contribution in [2.45, 2.75) is 31.1 Å². The van der Waals surface area contributed by atoms with Crippen LogP contribution in [0.5, 0.6) is 0 Å². The predicted octanol–water partition coefficient (Wildman–Crippen LogP) is 1.18. The Balaban J connectivity index is 1.93. The quantitative estimate of drug-likeness (QED) is 0.514. The van der Waals surface area contributed by atoms with Gasteiger partial charge in [-0.05, 0) is 24.9 Å². The first-order valence-corrected chi connectivity index (χ1v) is 7.38. The number of likely N-dealkylation sites (tertiary alicyclic amines) is 1. The van der Waals surface area contributed by atoms with Crippen LogP contribution in [0.3, 0.4) is 0 Å². The minimum absolute atomic E-state index is 0.303. The van der Waals surface area contributed by atoms with Crippen molar-refractivity contribution in [3.63, 3.8) is 0 Å². The Morgan fingerprint density at radius 3 is 2.40 bits per heavy atom. The summed E-state index contributed by atoms with van der Waals surface area (Å²) in [5, 5.41) is 0. The summed E-state index contributed by atoms with van der Waals surface area (Å²) in [5.41, 5.74) is 1.16. The SMILES string of the molecule is CN1CC2C[C@H]([SiH](C)C)[C@@H]21. The second kappa shape index (κ2) is 2.08. The molecule has 2 rings (SSSR count). The van der Waals surface area contributed by atoms with E-state index in [0.717, 1.165) is 17.5 Å². The zero-order chi connectivity index (χ0) is 7.30. The van der Waals surface area contributed by atoms with Crippen LogP contribution in [0.4, 0.5) is 0 Å². The molecule has 0 aromatic rings. The number of hydrogen-bond acceptors (Lipinski definition) is 1. The standard InChI is InChI=1S/C8H17NSi/c1-9-5-6-4-7(8(6)9)10(2)3/h6-8,10H,4-5H2,1-3H3/t6?,7-,8+/m0/s1. The van der Waals surface area contributed by atoms with Crippen LogP contribution in [-0.4, -0.2) is 33.3 Å². The molecule has 0 N–H and O–H groups in total. The van der Waals surface area contributed by atoms with Gasteiger partial charge in [0.15, 0.2) is 0 Å². The van der Waals surface area contributed by atoms with E-state index in [1.54, 1.807) is 6.42 Å². The van der Waals surface area contributed by atoms with Crippen molar-refractivity contribution in [2.24, 2.45) is 5.92 Å². The highest BCUT2D eigenvalue weighted by Crippen LogP contribution is 2.50. The van der Waals surface area contributed by atoms with E-state index in [0.29, 0.717) is 0 Å². The smallest absolute Gasteiger partial charge is 0.0356 e. The van der Waals surface area contributed by atoms with Gasteiger partial charge in [0, 0.05) is 21.4 Å². The molecular formula is C8H17NSi. The minimum Gasteiger partial charge on any atom is -0.303 e. The van der Waals surface area contributed by atoms with Crippen LogP contribution in [-0.2, 0) is 0 Å². The molecule has 2 heteroatoms. The molecule has 58 valence electrons. The second-order valence-corrected chi connectivity index (χ2v) is 7.68.